The highest BCUT2D eigenvalue weighted by molar-refractivity contribution is 5.94. The average molecular weight is 286 g/mol. The molecule has 0 aliphatic carbocycles. The van der Waals surface area contributed by atoms with Crippen molar-refractivity contribution in [2.75, 3.05) is 19.6 Å². The fourth-order valence-electron chi connectivity index (χ4n) is 2.27. The van der Waals surface area contributed by atoms with Gasteiger partial charge in [-0.3, -0.25) is 4.79 Å². The van der Waals surface area contributed by atoms with Crippen molar-refractivity contribution < 1.29 is 18.0 Å². The van der Waals surface area contributed by atoms with Gasteiger partial charge in [-0.2, -0.15) is 13.2 Å². The van der Waals surface area contributed by atoms with Crippen LogP contribution in [0.3, 0.4) is 0 Å². The molecule has 1 aromatic rings. The molecule has 1 heterocycles. The SMILES string of the molecule is CC1CN(C(=O)c2ccc(C(F)(F)F)cc2)CCCN1. The molecule has 1 saturated heterocycles. The van der Waals surface area contributed by atoms with Crippen LogP contribution >= 0.6 is 0 Å². The van der Waals surface area contributed by atoms with Crippen LogP contribution < -0.4 is 5.32 Å². The topological polar surface area (TPSA) is 32.3 Å². The van der Waals surface area contributed by atoms with Crippen LogP contribution in [0.15, 0.2) is 24.3 Å². The molecule has 1 aliphatic heterocycles. The minimum absolute atomic E-state index is 0.191. The van der Waals surface area contributed by atoms with Gasteiger partial charge in [-0.05, 0) is 44.2 Å². The van der Waals surface area contributed by atoms with Crippen LogP contribution in [0.2, 0.25) is 0 Å². The van der Waals surface area contributed by atoms with Crippen molar-refractivity contribution in [2.24, 2.45) is 0 Å². The van der Waals surface area contributed by atoms with Gasteiger partial charge in [-0.25, -0.2) is 0 Å². The maximum Gasteiger partial charge on any atom is 0.416 e. The molecule has 20 heavy (non-hydrogen) atoms. The zero-order valence-corrected chi connectivity index (χ0v) is 11.2. The van der Waals surface area contributed by atoms with Crippen molar-refractivity contribution in [2.45, 2.75) is 25.6 Å². The average Bonchev–Trinajstić information content (AvgIpc) is 2.62. The molecule has 0 aromatic heterocycles. The third kappa shape index (κ3) is 3.50. The van der Waals surface area contributed by atoms with E-state index in [9.17, 15) is 18.0 Å². The summed E-state index contributed by atoms with van der Waals surface area (Å²) < 4.78 is 37.4. The third-order valence-corrected chi connectivity index (χ3v) is 3.34. The number of nitrogens with zero attached hydrogens (tertiary/aromatic N) is 1. The summed E-state index contributed by atoms with van der Waals surface area (Å²) in [5.74, 6) is -0.214. The summed E-state index contributed by atoms with van der Waals surface area (Å²) >= 11 is 0. The Morgan fingerprint density at radius 1 is 1.30 bits per heavy atom. The maximum atomic E-state index is 12.5. The Morgan fingerprint density at radius 2 is 1.95 bits per heavy atom. The van der Waals surface area contributed by atoms with Crippen LogP contribution in [-0.4, -0.2) is 36.5 Å². The van der Waals surface area contributed by atoms with Gasteiger partial charge >= 0.3 is 6.18 Å². The Hall–Kier alpha value is -1.56. The number of benzene rings is 1. The van der Waals surface area contributed by atoms with Crippen LogP contribution in [0, 0.1) is 0 Å². The Morgan fingerprint density at radius 3 is 2.55 bits per heavy atom. The largest absolute Gasteiger partial charge is 0.416 e. The molecular weight excluding hydrogens is 269 g/mol. The van der Waals surface area contributed by atoms with E-state index >= 15 is 0 Å². The molecule has 0 radical (unpaired) electrons. The molecule has 110 valence electrons. The molecule has 2 rings (SSSR count). The minimum atomic E-state index is -4.37. The van der Waals surface area contributed by atoms with Gasteiger partial charge < -0.3 is 10.2 Å². The van der Waals surface area contributed by atoms with E-state index in [-0.39, 0.29) is 11.9 Å². The van der Waals surface area contributed by atoms with E-state index in [0.717, 1.165) is 25.1 Å². The van der Waals surface area contributed by atoms with E-state index in [1.807, 2.05) is 6.92 Å². The number of carbonyl (C=O) groups is 1. The van der Waals surface area contributed by atoms with Gasteiger partial charge in [0, 0.05) is 24.7 Å². The number of amides is 1. The molecule has 6 heteroatoms. The molecule has 0 bridgehead atoms. The van der Waals surface area contributed by atoms with Crippen LogP contribution in [0.1, 0.15) is 29.3 Å². The summed E-state index contributed by atoms with van der Waals surface area (Å²) in [6.45, 7) is 4.02. The summed E-state index contributed by atoms with van der Waals surface area (Å²) in [6, 6.07) is 4.58. The van der Waals surface area contributed by atoms with Gasteiger partial charge in [-0.1, -0.05) is 0 Å². The van der Waals surface area contributed by atoms with E-state index in [2.05, 4.69) is 5.32 Å². The predicted molar refractivity (Wildman–Crippen MR) is 69.4 cm³/mol. The molecule has 0 spiro atoms. The lowest BCUT2D eigenvalue weighted by Crippen LogP contribution is -2.38. The van der Waals surface area contributed by atoms with Crippen molar-refractivity contribution in [3.05, 3.63) is 35.4 Å². The summed E-state index contributed by atoms with van der Waals surface area (Å²) in [5.41, 5.74) is -0.438. The van der Waals surface area contributed by atoms with Gasteiger partial charge in [-0.15, -0.1) is 0 Å². The third-order valence-electron chi connectivity index (χ3n) is 3.34. The monoisotopic (exact) mass is 286 g/mol. The number of rotatable bonds is 1. The summed E-state index contributed by atoms with van der Waals surface area (Å²) in [6.07, 6.45) is -3.53. The Balaban J connectivity index is 2.12. The van der Waals surface area contributed by atoms with Crippen molar-refractivity contribution >= 4 is 5.91 Å². The molecule has 1 aromatic carbocycles. The zero-order valence-electron chi connectivity index (χ0n) is 11.2. The predicted octanol–water partition coefficient (Wildman–Crippen LogP) is 2.53. The lowest BCUT2D eigenvalue weighted by molar-refractivity contribution is -0.137. The molecule has 1 fully saturated rings. The van der Waals surface area contributed by atoms with E-state index in [1.165, 1.54) is 12.1 Å². The molecule has 3 nitrogen and oxygen atoms in total. The Bertz CT molecular complexity index is 470. The van der Waals surface area contributed by atoms with E-state index in [1.54, 1.807) is 4.90 Å². The van der Waals surface area contributed by atoms with E-state index in [0.29, 0.717) is 18.7 Å². The summed E-state index contributed by atoms with van der Waals surface area (Å²) in [7, 11) is 0. The fourth-order valence-corrected chi connectivity index (χ4v) is 2.27. The van der Waals surface area contributed by atoms with Gasteiger partial charge in [0.25, 0.3) is 5.91 Å². The molecule has 1 N–H and O–H groups in total. The van der Waals surface area contributed by atoms with Crippen LogP contribution in [0.4, 0.5) is 13.2 Å². The number of nitrogens with one attached hydrogen (secondary N) is 1. The quantitative estimate of drug-likeness (QED) is 0.860. The second-order valence-corrected chi connectivity index (χ2v) is 5.04. The Labute approximate surface area is 115 Å². The highest BCUT2D eigenvalue weighted by atomic mass is 19.4. The molecule has 1 unspecified atom stereocenters. The Kier molecular flexibility index (Phi) is 4.32. The number of alkyl halides is 3. The van der Waals surface area contributed by atoms with Gasteiger partial charge in [0.1, 0.15) is 0 Å². The molecule has 0 saturated carbocycles. The lowest BCUT2D eigenvalue weighted by atomic mass is 10.1. The molecule has 1 atom stereocenters. The maximum absolute atomic E-state index is 12.5. The first-order valence-corrected chi connectivity index (χ1v) is 6.58. The second kappa shape index (κ2) is 5.83. The van der Waals surface area contributed by atoms with Gasteiger partial charge in [0.05, 0.1) is 5.56 Å². The van der Waals surface area contributed by atoms with Crippen molar-refractivity contribution in [1.82, 2.24) is 10.2 Å². The van der Waals surface area contributed by atoms with E-state index < -0.39 is 11.7 Å². The van der Waals surface area contributed by atoms with Crippen LogP contribution in [0.25, 0.3) is 0 Å². The first-order chi connectivity index (χ1) is 9.38. The second-order valence-electron chi connectivity index (χ2n) is 5.04. The van der Waals surface area contributed by atoms with Gasteiger partial charge in [0.15, 0.2) is 0 Å². The van der Waals surface area contributed by atoms with Gasteiger partial charge in [0.2, 0.25) is 0 Å². The molecular formula is C14H17F3N2O. The zero-order chi connectivity index (χ0) is 14.8. The van der Waals surface area contributed by atoms with Crippen LogP contribution in [-0.2, 0) is 6.18 Å². The lowest BCUT2D eigenvalue weighted by Gasteiger charge is -2.22. The van der Waals surface area contributed by atoms with E-state index in [4.69, 9.17) is 0 Å². The van der Waals surface area contributed by atoms with Crippen molar-refractivity contribution in [3.8, 4) is 0 Å². The normalized spacial score (nSPS) is 20.6. The highest BCUT2D eigenvalue weighted by Crippen LogP contribution is 2.29. The van der Waals surface area contributed by atoms with Crippen molar-refractivity contribution in [1.29, 1.82) is 0 Å². The number of hydrogen-bond acceptors (Lipinski definition) is 2. The molecule has 1 amide bonds. The molecule has 1 aliphatic rings. The first-order valence-electron chi connectivity index (χ1n) is 6.58. The first kappa shape index (κ1) is 14.8. The highest BCUT2D eigenvalue weighted by Gasteiger charge is 2.30. The summed E-state index contributed by atoms with van der Waals surface area (Å²) in [5, 5.41) is 3.27. The number of halogens is 3. The van der Waals surface area contributed by atoms with Crippen molar-refractivity contribution in [3.63, 3.8) is 0 Å². The standard InChI is InChI=1S/C14H17F3N2O/c1-10-9-19(8-2-7-18-10)13(20)11-3-5-12(6-4-11)14(15,16)17/h3-6,10,18H,2,7-9H2,1H3. The number of hydrogen-bond donors (Lipinski definition) is 1. The number of carbonyl (C=O) groups excluding carboxylic acids is 1. The smallest absolute Gasteiger partial charge is 0.337 e. The minimum Gasteiger partial charge on any atom is -0.337 e. The fraction of sp³-hybridized carbons (Fsp3) is 0.500. The van der Waals surface area contributed by atoms with Crippen LogP contribution in [0.5, 0.6) is 0 Å². The summed E-state index contributed by atoms with van der Waals surface area (Å²) in [4.78, 5) is 14.0.